The number of hydrogen-bond donors (Lipinski definition) is 1. The van der Waals surface area contributed by atoms with Gasteiger partial charge in [-0.2, -0.15) is 0 Å². The van der Waals surface area contributed by atoms with Crippen LogP contribution in [0.1, 0.15) is 151 Å². The minimum atomic E-state index is -0.359. The Labute approximate surface area is 351 Å². The van der Waals surface area contributed by atoms with E-state index in [0.717, 1.165) is 37.6 Å². The molecule has 2 saturated carbocycles. The molecule has 0 radical (unpaired) electrons. The highest BCUT2D eigenvalue weighted by atomic mass is 16.5. The first-order valence-corrected chi connectivity index (χ1v) is 22.4. The number of Topliss-reactive ketones (excluding diaryl/α,β-unsaturated/α-hetero) is 1. The third-order valence-electron chi connectivity index (χ3n) is 14.1. The number of likely N-dealkylation sites (tertiary alicyclic amines) is 2. The Morgan fingerprint density at radius 2 is 1.02 bits per heavy atom. The molecule has 2 aromatic carbocycles. The van der Waals surface area contributed by atoms with Crippen molar-refractivity contribution in [2.45, 2.75) is 120 Å². The first kappa shape index (κ1) is 42.7. The number of esters is 1. The second-order valence-corrected chi connectivity index (χ2v) is 17.4. The van der Waals surface area contributed by atoms with Crippen LogP contribution < -0.4 is 5.73 Å². The van der Waals surface area contributed by atoms with Crippen molar-refractivity contribution in [1.29, 1.82) is 0 Å². The maximum Gasteiger partial charge on any atom is 0.341 e. The second kappa shape index (κ2) is 19.8. The molecule has 4 aromatic rings. The van der Waals surface area contributed by atoms with Crippen molar-refractivity contribution in [1.82, 2.24) is 29.7 Å². The van der Waals surface area contributed by atoms with E-state index >= 15 is 0 Å². The molecule has 2 N–H and O–H groups in total. The number of rotatable bonds is 14. The highest BCUT2D eigenvalue weighted by Crippen LogP contribution is 2.47. The number of nitrogens with zero attached hydrogens (tertiary/aromatic N) is 6. The molecule has 4 heterocycles. The van der Waals surface area contributed by atoms with Crippen LogP contribution in [0.3, 0.4) is 0 Å². The van der Waals surface area contributed by atoms with Crippen LogP contribution in [0.5, 0.6) is 0 Å². The minimum Gasteiger partial charge on any atom is -0.462 e. The number of benzene rings is 2. The van der Waals surface area contributed by atoms with E-state index in [1.54, 1.807) is 31.7 Å². The molecule has 8 rings (SSSR count). The van der Waals surface area contributed by atoms with Gasteiger partial charge in [0.25, 0.3) is 0 Å². The average Bonchev–Trinajstić information content (AvgIpc) is 3.27. The van der Waals surface area contributed by atoms with Gasteiger partial charge < -0.3 is 20.3 Å². The summed E-state index contributed by atoms with van der Waals surface area (Å²) in [4.78, 5) is 46.4. The monoisotopic (exact) mass is 800 g/mol. The summed E-state index contributed by atoms with van der Waals surface area (Å²) >= 11 is 0. The molecule has 10 nitrogen and oxygen atoms in total. The summed E-state index contributed by atoms with van der Waals surface area (Å²) in [5.74, 6) is 2.53. The van der Waals surface area contributed by atoms with Gasteiger partial charge >= 0.3 is 5.97 Å². The van der Waals surface area contributed by atoms with Crippen LogP contribution in [0.4, 0.5) is 0 Å². The maximum atomic E-state index is 11.8. The third-order valence-corrected chi connectivity index (χ3v) is 14.1. The summed E-state index contributed by atoms with van der Waals surface area (Å²) in [5, 5.41) is 0. The molecule has 0 bridgehead atoms. The third kappa shape index (κ3) is 10.2. The van der Waals surface area contributed by atoms with Gasteiger partial charge in [-0.25, -0.2) is 24.7 Å². The van der Waals surface area contributed by atoms with Crippen LogP contribution in [-0.4, -0.2) is 93.9 Å². The van der Waals surface area contributed by atoms with Gasteiger partial charge in [-0.15, -0.1) is 0 Å². The van der Waals surface area contributed by atoms with Crippen LogP contribution in [0.25, 0.3) is 0 Å². The van der Waals surface area contributed by atoms with Crippen molar-refractivity contribution in [2.75, 3.05) is 52.4 Å². The molecule has 0 spiro atoms. The molecular formula is C49H65N7O3. The summed E-state index contributed by atoms with van der Waals surface area (Å²) < 4.78 is 5.02. The summed E-state index contributed by atoms with van der Waals surface area (Å²) in [7, 11) is 0. The zero-order valence-corrected chi connectivity index (χ0v) is 35.7. The van der Waals surface area contributed by atoms with Gasteiger partial charge in [0, 0.05) is 48.5 Å². The normalized spacial score (nSPS) is 19.5. The molecule has 0 amide bonds. The molecule has 10 heteroatoms. The maximum absolute atomic E-state index is 11.8. The fourth-order valence-electron chi connectivity index (χ4n) is 9.80. The lowest BCUT2D eigenvalue weighted by molar-refractivity contribution is 0.0525. The Balaban J connectivity index is 0.000000179. The number of nitrogens with two attached hydrogens (primary N) is 1. The van der Waals surface area contributed by atoms with Crippen LogP contribution in [0.2, 0.25) is 0 Å². The molecule has 0 unspecified atom stereocenters. The van der Waals surface area contributed by atoms with E-state index in [0.29, 0.717) is 29.6 Å². The number of aromatic nitrogens is 4. The van der Waals surface area contributed by atoms with Crippen LogP contribution in [0.15, 0.2) is 73.3 Å². The molecule has 0 atom stereocenters. The van der Waals surface area contributed by atoms with Gasteiger partial charge in [0.05, 0.1) is 24.3 Å². The Hall–Kier alpha value is -4.38. The number of carbonyl (C=O) groups excluding carboxylic acids is 2. The Morgan fingerprint density at radius 1 is 0.627 bits per heavy atom. The summed E-state index contributed by atoms with van der Waals surface area (Å²) in [5.41, 5.74) is 12.4. The molecule has 2 saturated heterocycles. The van der Waals surface area contributed by atoms with Crippen molar-refractivity contribution in [3.8, 4) is 0 Å². The van der Waals surface area contributed by atoms with Gasteiger partial charge in [-0.3, -0.25) is 4.79 Å². The fourth-order valence-corrected chi connectivity index (χ4v) is 9.80. The number of piperidine rings is 2. The van der Waals surface area contributed by atoms with E-state index in [9.17, 15) is 9.59 Å². The lowest BCUT2D eigenvalue weighted by Crippen LogP contribution is -2.37. The highest BCUT2D eigenvalue weighted by molar-refractivity contribution is 5.96. The highest BCUT2D eigenvalue weighted by Gasteiger charge is 2.41. The van der Waals surface area contributed by atoms with E-state index < -0.39 is 0 Å². The first-order chi connectivity index (χ1) is 28.8. The van der Waals surface area contributed by atoms with Crippen molar-refractivity contribution in [3.63, 3.8) is 0 Å². The van der Waals surface area contributed by atoms with Crippen molar-refractivity contribution < 1.29 is 14.3 Å². The van der Waals surface area contributed by atoms with Gasteiger partial charge in [0.15, 0.2) is 5.78 Å². The molecule has 4 fully saturated rings. The van der Waals surface area contributed by atoms with Crippen LogP contribution >= 0.6 is 0 Å². The topological polar surface area (TPSA) is 127 Å². The summed E-state index contributed by atoms with van der Waals surface area (Å²) in [6, 6.07) is 18.8. The first-order valence-electron chi connectivity index (χ1n) is 22.4. The van der Waals surface area contributed by atoms with Crippen LogP contribution in [-0.2, 0) is 28.4 Å². The molecule has 59 heavy (non-hydrogen) atoms. The van der Waals surface area contributed by atoms with E-state index in [1.807, 2.05) is 0 Å². The Kier molecular flexibility index (Phi) is 14.3. The quantitative estimate of drug-likeness (QED) is 0.0991. The minimum absolute atomic E-state index is 0.00351. The van der Waals surface area contributed by atoms with Crippen molar-refractivity contribution >= 4 is 11.8 Å². The van der Waals surface area contributed by atoms with Gasteiger partial charge in [0.1, 0.15) is 11.6 Å². The second-order valence-electron chi connectivity index (χ2n) is 17.4. The van der Waals surface area contributed by atoms with Gasteiger partial charge in [-0.1, -0.05) is 75.2 Å². The molecule has 4 aliphatic rings. The summed E-state index contributed by atoms with van der Waals surface area (Å²) in [6.07, 6.45) is 20.3. The number of ketones is 1. The number of carbonyl (C=O) groups is 2. The van der Waals surface area contributed by atoms with Gasteiger partial charge in [0.2, 0.25) is 0 Å². The Morgan fingerprint density at radius 3 is 1.34 bits per heavy atom. The molecule has 2 aliphatic carbocycles. The van der Waals surface area contributed by atoms with E-state index in [4.69, 9.17) is 10.5 Å². The molecule has 2 aliphatic heterocycles. The zero-order valence-electron chi connectivity index (χ0n) is 35.7. The lowest BCUT2D eigenvalue weighted by atomic mass is 9.62. The predicted octanol–water partition coefficient (Wildman–Crippen LogP) is 8.00. The predicted molar refractivity (Wildman–Crippen MR) is 233 cm³/mol. The van der Waals surface area contributed by atoms with Crippen molar-refractivity contribution in [3.05, 3.63) is 118 Å². The van der Waals surface area contributed by atoms with E-state index in [2.05, 4.69) is 92.1 Å². The standard InChI is InChI=1S/C25H33N3O2.C24H32N4O/c1-3-28-14-10-20(11-15-28)19-6-8-22(9-7-19)25(12-5-13-25)16-23-26-17-21(18-27-23)24(29)30-4-2;1-2-28-12-8-19(9-13-28)18-4-6-21(7-5-18)24(10-3-11-24)14-23-26-16-20(17-27-23)22(29)15-25/h6-9,17-18,20H,3-5,10-16H2,1-2H3;4-7,16-17,19H,2-3,8-15,25H2,1H3. The molecular weight excluding hydrogens is 735 g/mol. The molecule has 314 valence electrons. The van der Waals surface area contributed by atoms with Crippen molar-refractivity contribution in [2.24, 2.45) is 5.73 Å². The smallest absolute Gasteiger partial charge is 0.341 e. The largest absolute Gasteiger partial charge is 0.462 e. The number of ether oxygens (including phenoxy) is 1. The fraction of sp³-hybridized carbons (Fsp3) is 0.551. The zero-order chi connectivity index (χ0) is 41.2. The lowest BCUT2D eigenvalue weighted by Gasteiger charge is -2.42. The van der Waals surface area contributed by atoms with E-state index in [-0.39, 0.29) is 29.1 Å². The summed E-state index contributed by atoms with van der Waals surface area (Å²) in [6.45, 7) is 13.8. The SMILES string of the molecule is CCN1CCC(c2ccc(C3(Cc4ncc(C(=O)CN)cn4)CCC3)cc2)CC1.CCOC(=O)c1cnc(CC2(c3ccc(C4CCN(CC)CC4)cc3)CCC2)nc1. The van der Waals surface area contributed by atoms with Crippen LogP contribution in [0, 0.1) is 0 Å². The molecule has 2 aromatic heterocycles. The van der Waals surface area contributed by atoms with Gasteiger partial charge in [-0.05, 0) is 132 Å². The Bertz CT molecular complexity index is 1940. The van der Waals surface area contributed by atoms with E-state index in [1.165, 1.54) is 113 Å². The number of hydrogen-bond acceptors (Lipinski definition) is 10. The average molecular weight is 800 g/mol.